The van der Waals surface area contributed by atoms with Crippen molar-refractivity contribution in [1.29, 1.82) is 0 Å². The highest BCUT2D eigenvalue weighted by Gasteiger charge is 2.35. The van der Waals surface area contributed by atoms with E-state index >= 15 is 0 Å². The van der Waals surface area contributed by atoms with Crippen LogP contribution in [0.5, 0.6) is 5.75 Å². The minimum Gasteiger partial charge on any atom is -0.422 e. The quantitative estimate of drug-likeness (QED) is 0.422. The van der Waals surface area contributed by atoms with E-state index in [1.807, 2.05) is 30.3 Å². The van der Waals surface area contributed by atoms with Gasteiger partial charge < -0.3 is 9.64 Å². The molecule has 0 fully saturated rings. The van der Waals surface area contributed by atoms with Crippen LogP contribution in [0, 0.1) is 0 Å². The summed E-state index contributed by atoms with van der Waals surface area (Å²) in [7, 11) is 0. The monoisotopic (exact) mass is 347 g/mol. The number of carbonyl (C=O) groups excluding carboxylic acids is 1. The van der Waals surface area contributed by atoms with E-state index in [0.29, 0.717) is 17.2 Å². The molecule has 0 aliphatic carbocycles. The normalized spacial score (nSPS) is 22.2. The molecule has 1 atom stereocenters. The molecular formula is C23H25NO2. The first kappa shape index (κ1) is 16.9. The van der Waals surface area contributed by atoms with Crippen LogP contribution >= 0.6 is 0 Å². The van der Waals surface area contributed by atoms with Crippen molar-refractivity contribution in [2.24, 2.45) is 0 Å². The molecule has 0 saturated heterocycles. The number of nitrogens with zero attached hydrogens (tertiary/aromatic N) is 1. The zero-order chi connectivity index (χ0) is 18.5. The lowest BCUT2D eigenvalue weighted by atomic mass is 9.79. The van der Waals surface area contributed by atoms with Gasteiger partial charge in [0.15, 0.2) is 0 Å². The Balaban J connectivity index is 1.77. The molecule has 2 aliphatic heterocycles. The molecule has 2 aromatic rings. The van der Waals surface area contributed by atoms with E-state index in [0.717, 1.165) is 24.1 Å². The number of esters is 1. The van der Waals surface area contributed by atoms with Gasteiger partial charge in [-0.2, -0.15) is 0 Å². The summed E-state index contributed by atoms with van der Waals surface area (Å²) in [6, 6.07) is 14.1. The fraction of sp³-hybridized carbons (Fsp3) is 0.348. The van der Waals surface area contributed by atoms with Crippen LogP contribution in [0.3, 0.4) is 0 Å². The molecule has 0 saturated carbocycles. The predicted octanol–water partition coefficient (Wildman–Crippen LogP) is 5.26. The molecule has 134 valence electrons. The molecule has 0 spiro atoms. The maximum atomic E-state index is 12.3. The molecule has 3 nitrogen and oxygen atoms in total. The van der Waals surface area contributed by atoms with Crippen LogP contribution in [0.25, 0.3) is 11.6 Å². The van der Waals surface area contributed by atoms with Crippen molar-refractivity contribution in [3.8, 4) is 5.75 Å². The second-order valence-corrected chi connectivity index (χ2v) is 7.92. The Hall–Kier alpha value is -2.55. The molecule has 2 aliphatic rings. The number of benzene rings is 2. The smallest absolute Gasteiger partial charge is 0.344 e. The maximum Gasteiger partial charge on any atom is 0.344 e. The van der Waals surface area contributed by atoms with Gasteiger partial charge in [-0.25, -0.2) is 4.79 Å². The Bertz CT molecular complexity index is 910. The van der Waals surface area contributed by atoms with E-state index in [-0.39, 0.29) is 11.5 Å². The summed E-state index contributed by atoms with van der Waals surface area (Å²) in [4.78, 5) is 14.8. The molecule has 4 rings (SSSR count). The van der Waals surface area contributed by atoms with Crippen LogP contribution < -0.4 is 9.64 Å². The SMILES string of the molecule is CCN1c2ccc(/C=C3\C(=O)Oc4ccccc43)cc2C(C)CC1(C)C. The summed E-state index contributed by atoms with van der Waals surface area (Å²) in [6.07, 6.45) is 3.08. The molecular weight excluding hydrogens is 322 g/mol. The van der Waals surface area contributed by atoms with E-state index in [2.05, 4.69) is 50.8 Å². The van der Waals surface area contributed by atoms with Gasteiger partial charge >= 0.3 is 5.97 Å². The summed E-state index contributed by atoms with van der Waals surface area (Å²) in [5, 5.41) is 0. The first-order valence-electron chi connectivity index (χ1n) is 9.35. The number of rotatable bonds is 2. The van der Waals surface area contributed by atoms with Crippen molar-refractivity contribution in [2.75, 3.05) is 11.4 Å². The zero-order valence-corrected chi connectivity index (χ0v) is 15.9. The van der Waals surface area contributed by atoms with Gasteiger partial charge in [0.2, 0.25) is 0 Å². The van der Waals surface area contributed by atoms with E-state index in [4.69, 9.17) is 4.74 Å². The zero-order valence-electron chi connectivity index (χ0n) is 15.9. The number of hydrogen-bond acceptors (Lipinski definition) is 3. The van der Waals surface area contributed by atoms with E-state index < -0.39 is 0 Å². The average Bonchev–Trinajstić information content (AvgIpc) is 2.91. The van der Waals surface area contributed by atoms with Gasteiger partial charge in [-0.1, -0.05) is 31.2 Å². The second kappa shape index (κ2) is 6.01. The van der Waals surface area contributed by atoms with Gasteiger partial charge in [0.25, 0.3) is 0 Å². The van der Waals surface area contributed by atoms with Crippen molar-refractivity contribution in [3.63, 3.8) is 0 Å². The minimum atomic E-state index is -0.270. The Kier molecular flexibility index (Phi) is 3.91. The highest BCUT2D eigenvalue weighted by atomic mass is 16.5. The molecule has 2 heterocycles. The molecule has 0 N–H and O–H groups in total. The van der Waals surface area contributed by atoms with Gasteiger partial charge in [-0.3, -0.25) is 0 Å². The van der Waals surface area contributed by atoms with Crippen LogP contribution in [-0.4, -0.2) is 18.1 Å². The van der Waals surface area contributed by atoms with Crippen molar-refractivity contribution in [2.45, 2.75) is 45.6 Å². The van der Waals surface area contributed by atoms with Crippen molar-refractivity contribution < 1.29 is 9.53 Å². The Morgan fingerprint density at radius 2 is 2.00 bits per heavy atom. The second-order valence-electron chi connectivity index (χ2n) is 7.92. The van der Waals surface area contributed by atoms with E-state index in [1.165, 1.54) is 11.3 Å². The maximum absolute atomic E-state index is 12.3. The first-order chi connectivity index (χ1) is 12.4. The topological polar surface area (TPSA) is 29.5 Å². The summed E-state index contributed by atoms with van der Waals surface area (Å²) in [5.41, 5.74) is 5.40. The minimum absolute atomic E-state index is 0.162. The average molecular weight is 347 g/mol. The highest BCUT2D eigenvalue weighted by molar-refractivity contribution is 6.25. The van der Waals surface area contributed by atoms with Crippen LogP contribution in [-0.2, 0) is 4.79 Å². The van der Waals surface area contributed by atoms with E-state index in [9.17, 15) is 4.79 Å². The third-order valence-corrected chi connectivity index (χ3v) is 5.64. The standard InChI is InChI=1S/C23H25NO2/c1-5-24-20-11-10-16(12-18(20)15(2)14-23(24,3)4)13-19-17-8-6-7-9-21(17)26-22(19)25/h6-13,15H,5,14H2,1-4H3/b19-13-. The molecule has 0 radical (unpaired) electrons. The van der Waals surface area contributed by atoms with Gasteiger partial charge in [0, 0.05) is 23.3 Å². The Morgan fingerprint density at radius 3 is 2.77 bits per heavy atom. The van der Waals surface area contributed by atoms with Gasteiger partial charge in [0.1, 0.15) is 5.75 Å². The lowest BCUT2D eigenvalue weighted by Crippen LogP contribution is -2.48. The summed E-state index contributed by atoms with van der Waals surface area (Å²) >= 11 is 0. The lowest BCUT2D eigenvalue weighted by Gasteiger charge is -2.47. The molecule has 3 heteroatoms. The summed E-state index contributed by atoms with van der Waals surface area (Å²) < 4.78 is 5.37. The van der Waals surface area contributed by atoms with Crippen LogP contribution in [0.4, 0.5) is 5.69 Å². The van der Waals surface area contributed by atoms with Gasteiger partial charge in [-0.05, 0) is 68.5 Å². The highest BCUT2D eigenvalue weighted by Crippen LogP contribution is 2.44. The van der Waals surface area contributed by atoms with Gasteiger partial charge in [-0.15, -0.1) is 0 Å². The van der Waals surface area contributed by atoms with Crippen molar-refractivity contribution in [3.05, 3.63) is 59.2 Å². The number of fused-ring (bicyclic) bond motifs is 2. The Labute approximate surface area is 155 Å². The molecule has 26 heavy (non-hydrogen) atoms. The molecule has 0 amide bonds. The summed E-state index contributed by atoms with van der Waals surface area (Å²) in [6.45, 7) is 10.1. The third-order valence-electron chi connectivity index (χ3n) is 5.64. The third kappa shape index (κ3) is 2.63. The van der Waals surface area contributed by atoms with Crippen molar-refractivity contribution in [1.82, 2.24) is 0 Å². The fourth-order valence-electron chi connectivity index (χ4n) is 4.54. The van der Waals surface area contributed by atoms with E-state index in [1.54, 1.807) is 0 Å². The molecule has 0 aromatic heterocycles. The Morgan fingerprint density at radius 1 is 1.23 bits per heavy atom. The number of para-hydroxylation sites is 1. The lowest BCUT2D eigenvalue weighted by molar-refractivity contribution is -0.126. The van der Waals surface area contributed by atoms with Gasteiger partial charge in [0.05, 0.1) is 5.57 Å². The largest absolute Gasteiger partial charge is 0.422 e. The fourth-order valence-corrected chi connectivity index (χ4v) is 4.54. The number of ether oxygens (including phenoxy) is 1. The molecule has 0 bridgehead atoms. The summed E-state index contributed by atoms with van der Waals surface area (Å²) in [5.74, 6) is 0.867. The number of carbonyl (C=O) groups is 1. The predicted molar refractivity (Wildman–Crippen MR) is 107 cm³/mol. The van der Waals surface area contributed by atoms with Crippen molar-refractivity contribution >= 4 is 23.3 Å². The van der Waals surface area contributed by atoms with Crippen LogP contribution in [0.1, 0.15) is 56.7 Å². The first-order valence-corrected chi connectivity index (χ1v) is 9.35. The van der Waals surface area contributed by atoms with Crippen LogP contribution in [0.2, 0.25) is 0 Å². The molecule has 2 aromatic carbocycles. The molecule has 1 unspecified atom stereocenters. The van der Waals surface area contributed by atoms with Crippen LogP contribution in [0.15, 0.2) is 42.5 Å². The number of anilines is 1. The number of hydrogen-bond donors (Lipinski definition) is 0.